The van der Waals surface area contributed by atoms with Crippen LogP contribution in [0.2, 0.25) is 5.02 Å². The van der Waals surface area contributed by atoms with Gasteiger partial charge in [-0.15, -0.1) is 11.3 Å². The van der Waals surface area contributed by atoms with Gasteiger partial charge >= 0.3 is 6.18 Å². The molecule has 0 fully saturated rings. The minimum Gasteiger partial charge on any atom is -0.301 e. The molecule has 9 heteroatoms. The Balaban J connectivity index is 1.91. The van der Waals surface area contributed by atoms with Crippen LogP contribution in [0.15, 0.2) is 64.8 Å². The van der Waals surface area contributed by atoms with E-state index in [9.17, 15) is 23.2 Å². The number of aryl methyl sites for hydroxylation is 1. The Labute approximate surface area is 196 Å². The third kappa shape index (κ3) is 4.70. The third-order valence-corrected chi connectivity index (χ3v) is 6.11. The van der Waals surface area contributed by atoms with Crippen molar-refractivity contribution in [2.24, 2.45) is 0 Å². The lowest BCUT2D eigenvalue weighted by Gasteiger charge is -2.17. The number of alkyl halides is 3. The molecular formula is C24H15ClF3N3OS. The summed E-state index contributed by atoms with van der Waals surface area (Å²) < 4.78 is 42.2. The Bertz CT molecular complexity index is 1420. The van der Waals surface area contributed by atoms with Crippen LogP contribution in [0.3, 0.4) is 0 Å². The number of hydrogen-bond acceptors (Lipinski definition) is 4. The van der Waals surface area contributed by atoms with Gasteiger partial charge in [-0.3, -0.25) is 4.79 Å². The predicted molar refractivity (Wildman–Crippen MR) is 122 cm³/mol. The maximum Gasteiger partial charge on any atom is 0.417 e. The highest BCUT2D eigenvalue weighted by molar-refractivity contribution is 7.13. The monoisotopic (exact) mass is 485 g/mol. The summed E-state index contributed by atoms with van der Waals surface area (Å²) in [6.45, 7) is 1.65. The topological polar surface area (TPSA) is 58.7 Å². The summed E-state index contributed by atoms with van der Waals surface area (Å²) in [5.41, 5.74) is -0.826. The first-order valence-electron chi connectivity index (χ1n) is 9.70. The van der Waals surface area contributed by atoms with Crippen LogP contribution >= 0.6 is 22.9 Å². The minimum atomic E-state index is -4.87. The fourth-order valence-electron chi connectivity index (χ4n) is 3.51. The van der Waals surface area contributed by atoms with E-state index in [0.717, 1.165) is 21.8 Å². The number of rotatable bonds is 4. The second-order valence-electron chi connectivity index (χ2n) is 7.35. The Kier molecular flexibility index (Phi) is 6.11. The maximum absolute atomic E-state index is 13.7. The molecule has 0 N–H and O–H groups in total. The van der Waals surface area contributed by atoms with Crippen LogP contribution in [-0.2, 0) is 12.7 Å². The number of nitriles is 1. The maximum atomic E-state index is 13.7. The van der Waals surface area contributed by atoms with Crippen LogP contribution in [-0.4, -0.2) is 9.55 Å². The number of nitrogens with zero attached hydrogens (tertiary/aromatic N) is 3. The SMILES string of the molecule is Cc1cc(Cl)cc(-c2cc(C(F)(F)F)c(C#N)c(=O)n2Cc2csc(-c3ccccc3)n2)c1. The molecule has 0 unspecified atom stereocenters. The number of hydrogen-bond donors (Lipinski definition) is 0. The molecule has 4 rings (SSSR count). The second kappa shape index (κ2) is 8.85. The molecule has 0 radical (unpaired) electrons. The molecule has 33 heavy (non-hydrogen) atoms. The molecule has 4 aromatic rings. The Hall–Kier alpha value is -3.41. The van der Waals surface area contributed by atoms with E-state index < -0.39 is 22.9 Å². The van der Waals surface area contributed by atoms with E-state index in [1.807, 2.05) is 30.3 Å². The molecule has 2 aromatic heterocycles. The van der Waals surface area contributed by atoms with Gasteiger partial charge in [0.25, 0.3) is 5.56 Å². The van der Waals surface area contributed by atoms with Crippen LogP contribution < -0.4 is 5.56 Å². The van der Waals surface area contributed by atoms with Gasteiger partial charge in [0.2, 0.25) is 0 Å². The molecule has 0 aliphatic rings. The standard InChI is InChI=1S/C24H15ClF3N3OS/c1-14-7-16(9-17(25)8-14)21-10-20(24(26,27)28)19(11-29)23(32)31(21)12-18-13-33-22(30-18)15-5-3-2-4-6-15/h2-10,13H,12H2,1H3. The summed E-state index contributed by atoms with van der Waals surface area (Å²) in [4.78, 5) is 17.6. The van der Waals surface area contributed by atoms with Crippen molar-refractivity contribution in [1.29, 1.82) is 5.26 Å². The quantitative estimate of drug-likeness (QED) is 0.330. The number of thiazole rings is 1. The first-order valence-corrected chi connectivity index (χ1v) is 11.0. The van der Waals surface area contributed by atoms with Gasteiger partial charge in [-0.05, 0) is 36.8 Å². The van der Waals surface area contributed by atoms with Crippen molar-refractivity contribution >= 4 is 22.9 Å². The molecule has 0 spiro atoms. The molecular weight excluding hydrogens is 471 g/mol. The molecule has 0 saturated heterocycles. The normalized spacial score (nSPS) is 11.4. The van der Waals surface area contributed by atoms with Gasteiger partial charge in [-0.1, -0.05) is 41.9 Å². The molecule has 0 bridgehead atoms. The molecule has 0 atom stereocenters. The highest BCUT2D eigenvalue weighted by Gasteiger charge is 2.36. The van der Waals surface area contributed by atoms with Crippen LogP contribution in [0, 0.1) is 18.3 Å². The Morgan fingerprint density at radius 3 is 2.48 bits per heavy atom. The third-order valence-electron chi connectivity index (χ3n) is 4.95. The van der Waals surface area contributed by atoms with E-state index in [0.29, 0.717) is 21.3 Å². The average molecular weight is 486 g/mol. The van der Waals surface area contributed by atoms with E-state index in [1.165, 1.54) is 23.5 Å². The molecule has 0 aliphatic carbocycles. The van der Waals surface area contributed by atoms with E-state index in [1.54, 1.807) is 24.4 Å². The van der Waals surface area contributed by atoms with Crippen molar-refractivity contribution < 1.29 is 13.2 Å². The molecule has 0 aliphatic heterocycles. The van der Waals surface area contributed by atoms with Gasteiger partial charge in [-0.2, -0.15) is 18.4 Å². The van der Waals surface area contributed by atoms with E-state index >= 15 is 0 Å². The minimum absolute atomic E-state index is 0.00573. The van der Waals surface area contributed by atoms with Crippen molar-refractivity contribution in [3.8, 4) is 27.9 Å². The van der Waals surface area contributed by atoms with Gasteiger partial charge in [-0.25, -0.2) is 4.98 Å². The van der Waals surface area contributed by atoms with E-state index in [2.05, 4.69) is 4.98 Å². The van der Waals surface area contributed by atoms with Gasteiger partial charge in [0, 0.05) is 21.5 Å². The summed E-state index contributed by atoms with van der Waals surface area (Å²) in [5, 5.41) is 12.1. The fourth-order valence-corrected chi connectivity index (χ4v) is 4.62. The zero-order valence-corrected chi connectivity index (χ0v) is 18.7. The largest absolute Gasteiger partial charge is 0.417 e. The number of aromatic nitrogens is 2. The lowest BCUT2D eigenvalue weighted by atomic mass is 10.0. The summed E-state index contributed by atoms with van der Waals surface area (Å²) in [6, 6.07) is 16.4. The number of halogens is 4. The molecule has 0 saturated carbocycles. The van der Waals surface area contributed by atoms with E-state index in [4.69, 9.17) is 11.6 Å². The summed E-state index contributed by atoms with van der Waals surface area (Å²) in [7, 11) is 0. The Morgan fingerprint density at radius 1 is 1.12 bits per heavy atom. The molecule has 0 amide bonds. The van der Waals surface area contributed by atoms with Crippen molar-refractivity contribution in [2.45, 2.75) is 19.6 Å². The van der Waals surface area contributed by atoms with Gasteiger partial charge in [0.15, 0.2) is 0 Å². The fraction of sp³-hybridized carbons (Fsp3) is 0.125. The van der Waals surface area contributed by atoms with E-state index in [-0.39, 0.29) is 12.2 Å². The second-order valence-corrected chi connectivity index (χ2v) is 8.64. The van der Waals surface area contributed by atoms with Crippen LogP contribution in [0.1, 0.15) is 22.4 Å². The zero-order valence-electron chi connectivity index (χ0n) is 17.2. The highest BCUT2D eigenvalue weighted by atomic mass is 35.5. The van der Waals surface area contributed by atoms with Crippen molar-refractivity contribution in [3.63, 3.8) is 0 Å². The van der Waals surface area contributed by atoms with Gasteiger partial charge in [0.1, 0.15) is 16.6 Å². The van der Waals surface area contributed by atoms with Crippen LogP contribution in [0.5, 0.6) is 0 Å². The Morgan fingerprint density at radius 2 is 1.85 bits per heavy atom. The molecule has 2 aromatic carbocycles. The number of benzene rings is 2. The van der Waals surface area contributed by atoms with Gasteiger partial charge in [0.05, 0.1) is 23.5 Å². The molecule has 166 valence electrons. The smallest absolute Gasteiger partial charge is 0.301 e. The first-order chi connectivity index (χ1) is 15.7. The summed E-state index contributed by atoms with van der Waals surface area (Å²) >= 11 is 7.50. The lowest BCUT2D eigenvalue weighted by molar-refractivity contribution is -0.137. The van der Waals surface area contributed by atoms with Crippen LogP contribution in [0.4, 0.5) is 13.2 Å². The van der Waals surface area contributed by atoms with Crippen LogP contribution in [0.25, 0.3) is 21.8 Å². The summed E-state index contributed by atoms with van der Waals surface area (Å²) in [6.07, 6.45) is -4.87. The highest BCUT2D eigenvalue weighted by Crippen LogP contribution is 2.35. The predicted octanol–water partition coefficient (Wildman–Crippen LogP) is 6.54. The molecule has 4 nitrogen and oxygen atoms in total. The first kappa shape index (κ1) is 22.8. The van der Waals surface area contributed by atoms with Crippen molar-refractivity contribution in [1.82, 2.24) is 9.55 Å². The lowest BCUT2D eigenvalue weighted by Crippen LogP contribution is -2.28. The molecule has 2 heterocycles. The van der Waals surface area contributed by atoms with Crippen molar-refractivity contribution in [2.75, 3.05) is 0 Å². The van der Waals surface area contributed by atoms with Gasteiger partial charge < -0.3 is 4.57 Å². The number of pyridine rings is 1. The zero-order chi connectivity index (χ0) is 23.8. The average Bonchev–Trinajstić information content (AvgIpc) is 3.22. The summed E-state index contributed by atoms with van der Waals surface area (Å²) in [5.74, 6) is 0. The van der Waals surface area contributed by atoms with Crippen molar-refractivity contribution in [3.05, 3.63) is 97.7 Å².